The molecule has 16 heavy (non-hydrogen) atoms. The Hall–Kier alpha value is -1.43. The van der Waals surface area contributed by atoms with E-state index in [2.05, 4.69) is 31.5 Å². The molecule has 1 aromatic heterocycles. The van der Waals surface area contributed by atoms with Crippen LogP contribution in [0, 0.1) is 0 Å². The Morgan fingerprint density at radius 3 is 3.06 bits per heavy atom. The summed E-state index contributed by atoms with van der Waals surface area (Å²) in [5, 5.41) is 10.9. The van der Waals surface area contributed by atoms with Crippen LogP contribution in [0.3, 0.4) is 0 Å². The Bertz CT molecular complexity index is 446. The van der Waals surface area contributed by atoms with E-state index in [1.54, 1.807) is 11.0 Å². The smallest absolute Gasteiger partial charge is 0.138 e. The van der Waals surface area contributed by atoms with Crippen LogP contribution in [0.1, 0.15) is 6.92 Å². The Kier molecular flexibility index (Phi) is 3.51. The molecular formula is C10H11BrN4O. The average molecular weight is 283 g/mol. The minimum absolute atomic E-state index is 0.0119. The van der Waals surface area contributed by atoms with E-state index in [1.807, 2.05) is 31.2 Å². The highest BCUT2D eigenvalue weighted by molar-refractivity contribution is 9.10. The van der Waals surface area contributed by atoms with Gasteiger partial charge in [-0.15, -0.1) is 5.10 Å². The molecule has 0 spiro atoms. The van der Waals surface area contributed by atoms with Gasteiger partial charge in [-0.2, -0.15) is 0 Å². The standard InChI is InChI=1S/C10H11BrN4O/c1-8(6-15-7-12-13-14-15)16-10-4-2-3-9(11)5-10/h2-5,7-8H,6H2,1H3. The molecule has 2 aromatic rings. The third-order valence-corrected chi connectivity index (χ3v) is 2.46. The lowest BCUT2D eigenvalue weighted by Gasteiger charge is -2.14. The van der Waals surface area contributed by atoms with Crippen LogP contribution in [0.25, 0.3) is 0 Å². The molecule has 1 unspecified atom stereocenters. The lowest BCUT2D eigenvalue weighted by atomic mass is 10.3. The van der Waals surface area contributed by atoms with Crippen LogP contribution in [0.15, 0.2) is 35.1 Å². The third-order valence-electron chi connectivity index (χ3n) is 1.97. The largest absolute Gasteiger partial charge is 0.489 e. The first-order valence-electron chi connectivity index (χ1n) is 4.87. The second-order valence-corrected chi connectivity index (χ2v) is 4.33. The summed E-state index contributed by atoms with van der Waals surface area (Å²) in [6.45, 7) is 2.60. The van der Waals surface area contributed by atoms with E-state index >= 15 is 0 Å². The molecule has 0 aliphatic rings. The van der Waals surface area contributed by atoms with Crippen molar-refractivity contribution in [1.29, 1.82) is 0 Å². The zero-order valence-corrected chi connectivity index (χ0v) is 10.3. The number of nitrogens with zero attached hydrogens (tertiary/aromatic N) is 4. The van der Waals surface area contributed by atoms with Crippen molar-refractivity contribution in [1.82, 2.24) is 20.2 Å². The van der Waals surface area contributed by atoms with Crippen molar-refractivity contribution in [2.24, 2.45) is 0 Å². The summed E-state index contributed by atoms with van der Waals surface area (Å²) >= 11 is 3.40. The van der Waals surface area contributed by atoms with Crippen molar-refractivity contribution in [3.63, 3.8) is 0 Å². The van der Waals surface area contributed by atoms with Gasteiger partial charge in [0.1, 0.15) is 18.2 Å². The van der Waals surface area contributed by atoms with Gasteiger partial charge < -0.3 is 4.74 Å². The molecule has 0 saturated carbocycles. The lowest BCUT2D eigenvalue weighted by molar-refractivity contribution is 0.193. The fraction of sp³-hybridized carbons (Fsp3) is 0.300. The Balaban J connectivity index is 1.94. The summed E-state index contributed by atoms with van der Waals surface area (Å²) in [6, 6.07) is 7.74. The Morgan fingerprint density at radius 2 is 2.38 bits per heavy atom. The minimum atomic E-state index is 0.0119. The van der Waals surface area contributed by atoms with Gasteiger partial charge in [-0.05, 0) is 35.5 Å². The number of hydrogen-bond acceptors (Lipinski definition) is 4. The van der Waals surface area contributed by atoms with Crippen LogP contribution < -0.4 is 4.74 Å². The summed E-state index contributed by atoms with van der Waals surface area (Å²) < 4.78 is 8.36. The molecule has 6 heteroatoms. The lowest BCUT2D eigenvalue weighted by Crippen LogP contribution is -2.19. The number of tetrazole rings is 1. The van der Waals surface area contributed by atoms with Crippen LogP contribution in [-0.4, -0.2) is 26.3 Å². The van der Waals surface area contributed by atoms with Crippen LogP contribution in [0.4, 0.5) is 0 Å². The van der Waals surface area contributed by atoms with Crippen molar-refractivity contribution in [3.8, 4) is 5.75 Å². The normalized spacial score (nSPS) is 12.4. The second kappa shape index (κ2) is 5.07. The zero-order valence-electron chi connectivity index (χ0n) is 8.75. The van der Waals surface area contributed by atoms with Gasteiger partial charge in [0.2, 0.25) is 0 Å². The number of hydrogen-bond donors (Lipinski definition) is 0. The van der Waals surface area contributed by atoms with E-state index in [1.165, 1.54) is 0 Å². The first-order valence-corrected chi connectivity index (χ1v) is 5.66. The molecule has 5 nitrogen and oxygen atoms in total. The van der Waals surface area contributed by atoms with Crippen LogP contribution in [0.2, 0.25) is 0 Å². The minimum Gasteiger partial charge on any atom is -0.489 e. The van der Waals surface area contributed by atoms with Crippen molar-refractivity contribution < 1.29 is 4.74 Å². The fourth-order valence-electron chi connectivity index (χ4n) is 1.34. The first kappa shape index (κ1) is 11.1. The Morgan fingerprint density at radius 1 is 1.50 bits per heavy atom. The summed E-state index contributed by atoms with van der Waals surface area (Å²) in [6.07, 6.45) is 1.58. The summed E-state index contributed by atoms with van der Waals surface area (Å²) in [7, 11) is 0. The molecule has 0 radical (unpaired) electrons. The van der Waals surface area contributed by atoms with Crippen LogP contribution in [-0.2, 0) is 6.54 Å². The van der Waals surface area contributed by atoms with E-state index in [0.29, 0.717) is 6.54 Å². The molecule has 84 valence electrons. The molecule has 2 rings (SSSR count). The molecule has 0 saturated heterocycles. The summed E-state index contributed by atoms with van der Waals surface area (Å²) in [4.78, 5) is 0. The Labute approximate surface area is 102 Å². The van der Waals surface area contributed by atoms with Crippen LogP contribution >= 0.6 is 15.9 Å². The van der Waals surface area contributed by atoms with E-state index in [4.69, 9.17) is 4.74 Å². The summed E-state index contributed by atoms with van der Waals surface area (Å²) in [5.74, 6) is 0.829. The zero-order chi connectivity index (χ0) is 11.4. The first-order chi connectivity index (χ1) is 7.74. The van der Waals surface area contributed by atoms with E-state index in [0.717, 1.165) is 10.2 Å². The average Bonchev–Trinajstić information content (AvgIpc) is 2.70. The number of aromatic nitrogens is 4. The highest BCUT2D eigenvalue weighted by Gasteiger charge is 2.06. The van der Waals surface area contributed by atoms with Crippen molar-refractivity contribution in [2.45, 2.75) is 19.6 Å². The fourth-order valence-corrected chi connectivity index (χ4v) is 1.72. The van der Waals surface area contributed by atoms with Crippen molar-refractivity contribution in [3.05, 3.63) is 35.1 Å². The van der Waals surface area contributed by atoms with Gasteiger partial charge in [0, 0.05) is 4.47 Å². The molecule has 0 amide bonds. The molecule has 1 atom stereocenters. The second-order valence-electron chi connectivity index (χ2n) is 3.42. The predicted octanol–water partition coefficient (Wildman–Crippen LogP) is 1.90. The van der Waals surface area contributed by atoms with Gasteiger partial charge in [0.15, 0.2) is 0 Å². The van der Waals surface area contributed by atoms with Gasteiger partial charge in [-0.3, -0.25) is 0 Å². The number of benzene rings is 1. The SMILES string of the molecule is CC(Cn1cnnn1)Oc1cccc(Br)c1. The van der Waals surface area contributed by atoms with Gasteiger partial charge >= 0.3 is 0 Å². The number of ether oxygens (including phenoxy) is 1. The highest BCUT2D eigenvalue weighted by Crippen LogP contribution is 2.18. The molecule has 0 bridgehead atoms. The molecular weight excluding hydrogens is 272 g/mol. The topological polar surface area (TPSA) is 52.8 Å². The molecule has 0 aliphatic heterocycles. The maximum absolute atomic E-state index is 5.72. The van der Waals surface area contributed by atoms with Crippen LogP contribution in [0.5, 0.6) is 5.75 Å². The number of halogens is 1. The highest BCUT2D eigenvalue weighted by atomic mass is 79.9. The monoisotopic (exact) mass is 282 g/mol. The van der Waals surface area contributed by atoms with E-state index in [9.17, 15) is 0 Å². The van der Waals surface area contributed by atoms with Crippen molar-refractivity contribution in [2.75, 3.05) is 0 Å². The molecule has 0 fully saturated rings. The van der Waals surface area contributed by atoms with Crippen molar-refractivity contribution >= 4 is 15.9 Å². The quantitative estimate of drug-likeness (QED) is 0.860. The third kappa shape index (κ3) is 3.03. The van der Waals surface area contributed by atoms with Gasteiger partial charge in [0.25, 0.3) is 0 Å². The predicted molar refractivity (Wildman–Crippen MR) is 62.0 cm³/mol. The van der Waals surface area contributed by atoms with Gasteiger partial charge in [-0.25, -0.2) is 4.68 Å². The van der Waals surface area contributed by atoms with E-state index in [-0.39, 0.29) is 6.10 Å². The number of rotatable bonds is 4. The molecule has 0 N–H and O–H groups in total. The van der Waals surface area contributed by atoms with Gasteiger partial charge in [0.05, 0.1) is 6.54 Å². The van der Waals surface area contributed by atoms with Gasteiger partial charge in [-0.1, -0.05) is 22.0 Å². The summed E-state index contributed by atoms with van der Waals surface area (Å²) in [5.41, 5.74) is 0. The molecule has 1 heterocycles. The molecule has 1 aromatic carbocycles. The van der Waals surface area contributed by atoms with E-state index < -0.39 is 0 Å². The molecule has 0 aliphatic carbocycles. The maximum Gasteiger partial charge on any atom is 0.138 e. The maximum atomic E-state index is 5.72.